The Hall–Kier alpha value is -2.02. The summed E-state index contributed by atoms with van der Waals surface area (Å²) in [5, 5.41) is 8.78. The van der Waals surface area contributed by atoms with Gasteiger partial charge in [-0.05, 0) is 55.4 Å². The Balaban J connectivity index is 1.54. The predicted octanol–water partition coefficient (Wildman–Crippen LogP) is 5.63. The van der Waals surface area contributed by atoms with Crippen molar-refractivity contribution in [1.29, 1.82) is 0 Å². The number of nitrogens with one attached hydrogen (secondary N) is 1. The van der Waals surface area contributed by atoms with Crippen LogP contribution in [0.1, 0.15) is 24.6 Å². The van der Waals surface area contributed by atoms with Crippen LogP contribution in [0.4, 0.5) is 5.69 Å². The summed E-state index contributed by atoms with van der Waals surface area (Å²) in [5.74, 6) is 1.97. The van der Waals surface area contributed by atoms with Gasteiger partial charge in [-0.25, -0.2) is 0 Å². The first-order valence-corrected chi connectivity index (χ1v) is 10.2. The number of H-pyrrole nitrogens is 1. The summed E-state index contributed by atoms with van der Waals surface area (Å²) >= 11 is 17.8. The van der Waals surface area contributed by atoms with Gasteiger partial charge in [0, 0.05) is 35.8 Å². The first-order chi connectivity index (χ1) is 13.6. The Kier molecular flexibility index (Phi) is 5.62. The second kappa shape index (κ2) is 8.15. The number of halogens is 2. The maximum Gasteiger partial charge on any atom is 0.199 e. The third-order valence-corrected chi connectivity index (χ3v) is 5.95. The fourth-order valence-corrected chi connectivity index (χ4v) is 4.31. The molecule has 0 aliphatic carbocycles. The van der Waals surface area contributed by atoms with Gasteiger partial charge >= 0.3 is 0 Å². The molecule has 1 aliphatic rings. The monoisotopic (exact) mass is 434 g/mol. The van der Waals surface area contributed by atoms with E-state index in [4.69, 9.17) is 40.2 Å². The summed E-state index contributed by atoms with van der Waals surface area (Å²) in [5.41, 5.74) is 2.06. The van der Waals surface area contributed by atoms with Gasteiger partial charge in [-0.15, -0.1) is 0 Å². The zero-order valence-corrected chi connectivity index (χ0v) is 17.7. The van der Waals surface area contributed by atoms with Gasteiger partial charge in [-0.1, -0.05) is 29.3 Å². The topological polar surface area (TPSA) is 46.1 Å². The van der Waals surface area contributed by atoms with Crippen LogP contribution in [0.25, 0.3) is 5.69 Å². The number of hydrogen-bond acceptors (Lipinski definition) is 4. The van der Waals surface area contributed by atoms with Gasteiger partial charge in [0.25, 0.3) is 0 Å². The van der Waals surface area contributed by atoms with Gasteiger partial charge in [0.1, 0.15) is 11.6 Å². The molecule has 2 aromatic carbocycles. The Bertz CT molecular complexity index is 1040. The van der Waals surface area contributed by atoms with Crippen LogP contribution in [0, 0.1) is 4.77 Å². The Morgan fingerprint density at radius 1 is 1.11 bits per heavy atom. The fraction of sp³-hybridized carbons (Fsp3) is 0.300. The van der Waals surface area contributed by atoms with Crippen LogP contribution in [0.15, 0.2) is 42.5 Å². The fourth-order valence-electron chi connectivity index (χ4n) is 3.69. The Morgan fingerprint density at radius 3 is 2.61 bits per heavy atom. The number of hydrogen-bond donors (Lipinski definition) is 1. The lowest BCUT2D eigenvalue weighted by Crippen LogP contribution is -2.33. The van der Waals surface area contributed by atoms with E-state index in [-0.39, 0.29) is 0 Å². The molecule has 8 heteroatoms. The first kappa shape index (κ1) is 19.3. The maximum absolute atomic E-state index is 6.17. The molecule has 0 bridgehead atoms. The molecule has 0 unspecified atom stereocenters. The molecule has 1 N–H and O–H groups in total. The van der Waals surface area contributed by atoms with Crippen molar-refractivity contribution in [3.05, 3.63) is 63.1 Å². The highest BCUT2D eigenvalue weighted by Gasteiger charge is 2.26. The molecular weight excluding hydrogens is 415 g/mol. The van der Waals surface area contributed by atoms with Gasteiger partial charge in [0.2, 0.25) is 0 Å². The van der Waals surface area contributed by atoms with Crippen LogP contribution >= 0.6 is 35.4 Å². The number of piperidine rings is 1. The van der Waals surface area contributed by atoms with Gasteiger partial charge in [0.15, 0.2) is 4.77 Å². The van der Waals surface area contributed by atoms with E-state index < -0.39 is 0 Å². The largest absolute Gasteiger partial charge is 0.495 e. The van der Waals surface area contributed by atoms with Crippen molar-refractivity contribution >= 4 is 41.1 Å². The van der Waals surface area contributed by atoms with Crippen LogP contribution in [0.5, 0.6) is 5.75 Å². The van der Waals surface area contributed by atoms with Crippen LogP contribution in [0.3, 0.4) is 0 Å². The molecule has 146 valence electrons. The van der Waals surface area contributed by atoms with E-state index in [9.17, 15) is 0 Å². The van der Waals surface area contributed by atoms with Crippen LogP contribution < -0.4 is 9.64 Å². The normalized spacial score (nSPS) is 15.0. The van der Waals surface area contributed by atoms with E-state index in [1.54, 1.807) is 7.11 Å². The molecule has 4 rings (SSSR count). The predicted molar refractivity (Wildman–Crippen MR) is 116 cm³/mol. The second-order valence-electron chi connectivity index (χ2n) is 6.78. The van der Waals surface area contributed by atoms with E-state index in [1.807, 2.05) is 47.0 Å². The number of rotatable bonds is 4. The lowest BCUT2D eigenvalue weighted by atomic mass is 9.95. The van der Waals surface area contributed by atoms with Crippen LogP contribution in [0.2, 0.25) is 10.0 Å². The zero-order valence-electron chi connectivity index (χ0n) is 15.4. The van der Waals surface area contributed by atoms with E-state index in [0.29, 0.717) is 26.5 Å². The first-order valence-electron chi connectivity index (χ1n) is 9.08. The maximum atomic E-state index is 6.17. The number of aromatic amines is 1. The summed E-state index contributed by atoms with van der Waals surface area (Å²) in [6.45, 7) is 1.84. The third kappa shape index (κ3) is 3.77. The molecule has 5 nitrogen and oxygen atoms in total. The van der Waals surface area contributed by atoms with Gasteiger partial charge in [0.05, 0.1) is 17.8 Å². The van der Waals surface area contributed by atoms with Crippen molar-refractivity contribution in [1.82, 2.24) is 14.8 Å². The molecule has 1 aliphatic heterocycles. The average molecular weight is 435 g/mol. The summed E-state index contributed by atoms with van der Waals surface area (Å²) in [4.78, 5) is 2.35. The molecule has 0 atom stereocenters. The lowest BCUT2D eigenvalue weighted by molar-refractivity contribution is 0.414. The molecule has 3 aromatic rings. The molecule has 0 amide bonds. The smallest absolute Gasteiger partial charge is 0.199 e. The van der Waals surface area contributed by atoms with Crippen molar-refractivity contribution in [3.8, 4) is 11.4 Å². The zero-order chi connectivity index (χ0) is 19.7. The summed E-state index contributed by atoms with van der Waals surface area (Å²) in [6, 6.07) is 13.6. The van der Waals surface area contributed by atoms with Crippen LogP contribution in [-0.2, 0) is 0 Å². The van der Waals surface area contributed by atoms with E-state index in [0.717, 1.165) is 43.1 Å². The highest BCUT2D eigenvalue weighted by Crippen LogP contribution is 2.34. The summed E-state index contributed by atoms with van der Waals surface area (Å²) in [6.07, 6.45) is 1.95. The highest BCUT2D eigenvalue weighted by atomic mass is 35.5. The molecule has 0 radical (unpaired) electrons. The Morgan fingerprint density at radius 2 is 1.89 bits per heavy atom. The molecular formula is C20H20Cl2N4OS. The lowest BCUT2D eigenvalue weighted by Gasteiger charge is -2.33. The number of nitrogens with zero attached hydrogens (tertiary/aromatic N) is 3. The van der Waals surface area contributed by atoms with Gasteiger partial charge < -0.3 is 9.64 Å². The molecule has 1 fully saturated rings. The SMILES string of the molecule is COc1cc(N2CCC(c3n[nH]c(=S)n3-c3cccc(Cl)c3)CC2)ccc1Cl. The molecule has 2 heterocycles. The summed E-state index contributed by atoms with van der Waals surface area (Å²) in [7, 11) is 1.63. The van der Waals surface area contributed by atoms with Crippen molar-refractivity contribution in [3.63, 3.8) is 0 Å². The quantitative estimate of drug-likeness (QED) is 0.540. The number of ether oxygens (including phenoxy) is 1. The van der Waals surface area contributed by atoms with Crippen molar-refractivity contribution in [2.45, 2.75) is 18.8 Å². The van der Waals surface area contributed by atoms with E-state index in [2.05, 4.69) is 15.1 Å². The van der Waals surface area contributed by atoms with E-state index in [1.165, 1.54) is 0 Å². The Labute approximate surface area is 178 Å². The molecule has 1 saturated heterocycles. The number of aromatic nitrogens is 3. The second-order valence-corrected chi connectivity index (χ2v) is 8.01. The van der Waals surface area contributed by atoms with Crippen molar-refractivity contribution in [2.24, 2.45) is 0 Å². The summed E-state index contributed by atoms with van der Waals surface area (Å²) < 4.78 is 7.92. The minimum Gasteiger partial charge on any atom is -0.495 e. The third-order valence-electron chi connectivity index (χ3n) is 5.12. The van der Waals surface area contributed by atoms with Crippen molar-refractivity contribution in [2.75, 3.05) is 25.1 Å². The molecule has 0 spiro atoms. The number of benzene rings is 2. The standard InChI is InChI=1S/C20H20Cl2N4OS/c1-27-18-12-15(5-6-17(18)22)25-9-7-13(8-10-25)19-23-24-20(28)26(19)16-4-2-3-14(21)11-16/h2-6,11-13H,7-10H2,1H3,(H,24,28). The molecule has 28 heavy (non-hydrogen) atoms. The number of methoxy groups -OCH3 is 1. The van der Waals surface area contributed by atoms with Gasteiger partial charge in [-0.3, -0.25) is 9.67 Å². The van der Waals surface area contributed by atoms with Crippen LogP contribution in [-0.4, -0.2) is 35.0 Å². The molecule has 0 saturated carbocycles. The average Bonchev–Trinajstić information content (AvgIpc) is 3.10. The van der Waals surface area contributed by atoms with E-state index >= 15 is 0 Å². The molecule has 1 aromatic heterocycles. The number of anilines is 1. The highest BCUT2D eigenvalue weighted by molar-refractivity contribution is 7.71. The van der Waals surface area contributed by atoms with Crippen molar-refractivity contribution < 1.29 is 4.74 Å². The minimum absolute atomic E-state index is 0.317. The minimum atomic E-state index is 0.317. The van der Waals surface area contributed by atoms with Gasteiger partial charge in [-0.2, -0.15) is 5.10 Å².